The molecular formula is C52H33N2OP. The van der Waals surface area contributed by atoms with Crippen LogP contribution in [0.2, 0.25) is 0 Å². The molecule has 0 saturated carbocycles. The van der Waals surface area contributed by atoms with Gasteiger partial charge >= 0.3 is 0 Å². The molecule has 2 heterocycles. The lowest BCUT2D eigenvalue weighted by molar-refractivity contribution is 0.593. The molecule has 0 unspecified atom stereocenters. The summed E-state index contributed by atoms with van der Waals surface area (Å²) in [7, 11) is -3.68. The average molecular weight is 733 g/mol. The maximum atomic E-state index is 17.3. The van der Waals surface area contributed by atoms with E-state index in [9.17, 15) is 0 Å². The summed E-state index contributed by atoms with van der Waals surface area (Å²) >= 11 is 0. The number of pyridine rings is 2. The molecule has 0 fully saturated rings. The Bertz CT molecular complexity index is 3180. The Labute approximate surface area is 323 Å². The summed E-state index contributed by atoms with van der Waals surface area (Å²) in [6, 6.07) is 68.9. The van der Waals surface area contributed by atoms with Crippen LogP contribution in [-0.4, -0.2) is 9.97 Å². The van der Waals surface area contributed by atoms with Crippen molar-refractivity contribution < 1.29 is 4.57 Å². The maximum absolute atomic E-state index is 17.3. The number of rotatable bonds is 5. The van der Waals surface area contributed by atoms with Gasteiger partial charge in [-0.1, -0.05) is 176 Å². The van der Waals surface area contributed by atoms with Crippen molar-refractivity contribution in [1.29, 1.82) is 0 Å². The van der Waals surface area contributed by atoms with Crippen LogP contribution in [0.1, 0.15) is 0 Å². The van der Waals surface area contributed by atoms with Gasteiger partial charge in [-0.25, -0.2) is 9.97 Å². The smallest absolute Gasteiger partial charge is 0.172 e. The summed E-state index contributed by atoms with van der Waals surface area (Å²) < 4.78 is 17.3. The molecule has 0 saturated heterocycles. The molecule has 0 bridgehead atoms. The van der Waals surface area contributed by atoms with Crippen molar-refractivity contribution in [2.75, 3.05) is 0 Å². The van der Waals surface area contributed by atoms with Crippen LogP contribution in [0.25, 0.3) is 87.4 Å². The highest BCUT2D eigenvalue weighted by Gasteiger charge is 2.35. The second kappa shape index (κ2) is 12.8. The van der Waals surface area contributed by atoms with Gasteiger partial charge in [0.25, 0.3) is 0 Å². The molecular weight excluding hydrogens is 700 g/mol. The zero-order valence-corrected chi connectivity index (χ0v) is 31.2. The van der Waals surface area contributed by atoms with Gasteiger partial charge in [0, 0.05) is 59.4 Å². The van der Waals surface area contributed by atoms with E-state index in [2.05, 4.69) is 146 Å². The molecule has 56 heavy (non-hydrogen) atoms. The second-order valence-corrected chi connectivity index (χ2v) is 17.1. The molecule has 11 rings (SSSR count). The first-order valence-electron chi connectivity index (χ1n) is 18.9. The van der Waals surface area contributed by atoms with E-state index in [0.717, 1.165) is 103 Å². The molecule has 0 aliphatic rings. The minimum absolute atomic E-state index is 0.777. The molecule has 0 aliphatic heterocycles. The number of hydrogen-bond donors (Lipinski definition) is 0. The quantitative estimate of drug-likeness (QED) is 0.131. The van der Waals surface area contributed by atoms with Crippen molar-refractivity contribution >= 4 is 88.0 Å². The number of benzene rings is 9. The molecule has 9 aromatic carbocycles. The Morgan fingerprint density at radius 2 is 0.661 bits per heavy atom. The van der Waals surface area contributed by atoms with Crippen LogP contribution in [0.15, 0.2) is 200 Å². The number of fused-ring (bicyclic) bond motifs is 10. The summed E-state index contributed by atoms with van der Waals surface area (Å²) in [4.78, 5) is 10.6. The van der Waals surface area contributed by atoms with Gasteiger partial charge in [0.2, 0.25) is 0 Å². The molecule has 4 heteroatoms. The van der Waals surface area contributed by atoms with Crippen molar-refractivity contribution in [2.45, 2.75) is 0 Å². The fourth-order valence-corrected chi connectivity index (χ4v) is 11.9. The lowest BCUT2D eigenvalue weighted by Crippen LogP contribution is -2.26. The van der Waals surface area contributed by atoms with Crippen LogP contribution in [0.4, 0.5) is 0 Å². The topological polar surface area (TPSA) is 42.9 Å². The van der Waals surface area contributed by atoms with Gasteiger partial charge in [-0.3, -0.25) is 0 Å². The Balaban J connectivity index is 1.35. The predicted molar refractivity (Wildman–Crippen MR) is 237 cm³/mol. The Morgan fingerprint density at radius 1 is 0.321 bits per heavy atom. The minimum atomic E-state index is -3.68. The first kappa shape index (κ1) is 32.5. The molecule has 11 aromatic rings. The van der Waals surface area contributed by atoms with Gasteiger partial charge in [-0.05, 0) is 45.8 Å². The highest BCUT2D eigenvalue weighted by Crippen LogP contribution is 2.50. The van der Waals surface area contributed by atoms with E-state index in [1.165, 1.54) is 0 Å². The minimum Gasteiger partial charge on any atom is -0.309 e. The van der Waals surface area contributed by atoms with E-state index in [4.69, 9.17) is 9.97 Å². The third-order valence-corrected chi connectivity index (χ3v) is 14.4. The Kier molecular flexibility index (Phi) is 7.45. The predicted octanol–water partition coefficient (Wildman–Crippen LogP) is 12.4. The number of hydrogen-bond acceptors (Lipinski definition) is 3. The summed E-state index contributed by atoms with van der Waals surface area (Å²) in [5, 5.41) is 12.7. The van der Waals surface area contributed by atoms with Crippen molar-refractivity contribution in [3.63, 3.8) is 0 Å². The van der Waals surface area contributed by atoms with Crippen LogP contribution < -0.4 is 15.9 Å². The van der Waals surface area contributed by atoms with Gasteiger partial charge in [-0.2, -0.15) is 0 Å². The Morgan fingerprint density at radius 3 is 1.09 bits per heavy atom. The van der Waals surface area contributed by atoms with E-state index in [1.54, 1.807) is 0 Å². The van der Waals surface area contributed by atoms with E-state index < -0.39 is 7.14 Å². The van der Waals surface area contributed by atoms with E-state index in [1.807, 2.05) is 54.6 Å². The summed E-state index contributed by atoms with van der Waals surface area (Å²) in [5.41, 5.74) is 5.63. The SMILES string of the molecule is O=P(c1ccccc1)(c1cc2c(-c3ccccc3)nc3ccccc3c2c2ccccc12)c1cc2c(-c3ccccc3)nc3ccccc3c2c2ccccc12. The van der Waals surface area contributed by atoms with Crippen LogP contribution in [0, 0.1) is 0 Å². The van der Waals surface area contributed by atoms with Crippen LogP contribution in [-0.2, 0) is 4.57 Å². The van der Waals surface area contributed by atoms with Crippen molar-refractivity contribution in [2.24, 2.45) is 0 Å². The van der Waals surface area contributed by atoms with Gasteiger partial charge in [0.15, 0.2) is 7.14 Å². The maximum Gasteiger partial charge on any atom is 0.172 e. The standard InChI is InChI=1S/C52H33N2OP/c55-56(36-22-8-3-9-23-36,47-32-43-49(39-26-12-10-24-37(39)47)41-28-14-16-30-45(41)53-51(43)34-18-4-1-5-19-34)48-33-44-50(40-27-13-11-25-38(40)48)42-29-15-17-31-46(42)54-52(44)35-20-6-2-7-21-35/h1-33H. The molecule has 0 radical (unpaired) electrons. The summed E-state index contributed by atoms with van der Waals surface area (Å²) in [6.45, 7) is 0. The van der Waals surface area contributed by atoms with Gasteiger partial charge in [0.05, 0.1) is 22.4 Å². The third kappa shape index (κ3) is 4.88. The van der Waals surface area contributed by atoms with Gasteiger partial charge < -0.3 is 4.57 Å². The first-order valence-corrected chi connectivity index (χ1v) is 20.7. The van der Waals surface area contributed by atoms with E-state index in [0.29, 0.717) is 0 Å². The number of aromatic nitrogens is 2. The molecule has 0 atom stereocenters. The summed E-state index contributed by atoms with van der Waals surface area (Å²) in [5.74, 6) is 0. The van der Waals surface area contributed by atoms with Crippen LogP contribution in [0.5, 0.6) is 0 Å². The molecule has 3 nitrogen and oxygen atoms in total. The van der Waals surface area contributed by atoms with E-state index in [-0.39, 0.29) is 0 Å². The second-order valence-electron chi connectivity index (χ2n) is 14.4. The van der Waals surface area contributed by atoms with Crippen molar-refractivity contribution in [3.8, 4) is 22.5 Å². The average Bonchev–Trinajstić information content (AvgIpc) is 3.28. The number of nitrogens with zero attached hydrogens (tertiary/aromatic N) is 2. The fourth-order valence-electron chi connectivity index (χ4n) is 8.79. The van der Waals surface area contributed by atoms with E-state index >= 15 is 4.57 Å². The van der Waals surface area contributed by atoms with Gasteiger partial charge in [0.1, 0.15) is 0 Å². The highest BCUT2D eigenvalue weighted by atomic mass is 31.2. The van der Waals surface area contributed by atoms with Crippen molar-refractivity contribution in [3.05, 3.63) is 200 Å². The van der Waals surface area contributed by atoms with Crippen LogP contribution >= 0.6 is 7.14 Å². The first-order chi connectivity index (χ1) is 27.7. The highest BCUT2D eigenvalue weighted by molar-refractivity contribution is 7.86. The zero-order chi connectivity index (χ0) is 37.2. The van der Waals surface area contributed by atoms with Crippen molar-refractivity contribution in [1.82, 2.24) is 9.97 Å². The summed E-state index contributed by atoms with van der Waals surface area (Å²) in [6.07, 6.45) is 0. The molecule has 0 aliphatic carbocycles. The molecule has 0 spiro atoms. The fraction of sp³-hybridized carbons (Fsp3) is 0. The zero-order valence-electron chi connectivity index (χ0n) is 30.3. The number of para-hydroxylation sites is 2. The Hall–Kier alpha value is -6.93. The molecule has 2 aromatic heterocycles. The normalized spacial score (nSPS) is 12.0. The molecule has 0 amide bonds. The lowest BCUT2D eigenvalue weighted by Gasteiger charge is -2.26. The van der Waals surface area contributed by atoms with Gasteiger partial charge in [-0.15, -0.1) is 0 Å². The van der Waals surface area contributed by atoms with Crippen LogP contribution in [0.3, 0.4) is 0 Å². The molecule has 0 N–H and O–H groups in total. The largest absolute Gasteiger partial charge is 0.309 e. The lowest BCUT2D eigenvalue weighted by atomic mass is 9.95. The monoisotopic (exact) mass is 732 g/mol. The third-order valence-electron chi connectivity index (χ3n) is 11.3. The molecule has 262 valence electrons.